The topological polar surface area (TPSA) is 102 Å². The van der Waals surface area contributed by atoms with E-state index in [-0.39, 0.29) is 18.4 Å². The second-order valence-electron chi connectivity index (χ2n) is 7.88. The molecule has 1 unspecified atom stereocenters. The predicted molar refractivity (Wildman–Crippen MR) is 131 cm³/mol. The van der Waals surface area contributed by atoms with Crippen LogP contribution in [0.2, 0.25) is 0 Å². The third-order valence-corrected chi connectivity index (χ3v) is 6.63. The highest BCUT2D eigenvalue weighted by molar-refractivity contribution is 7.13. The highest BCUT2D eigenvalue weighted by atomic mass is 32.1. The fraction of sp³-hybridized carbons (Fsp3) is 0.280. The molecule has 0 saturated heterocycles. The van der Waals surface area contributed by atoms with Crippen LogP contribution >= 0.6 is 11.3 Å². The van der Waals surface area contributed by atoms with Gasteiger partial charge in [-0.25, -0.2) is 4.98 Å². The zero-order valence-corrected chi connectivity index (χ0v) is 20.1. The van der Waals surface area contributed by atoms with Crippen molar-refractivity contribution in [2.75, 3.05) is 20.3 Å². The molecule has 34 heavy (non-hydrogen) atoms. The van der Waals surface area contributed by atoms with E-state index < -0.39 is 0 Å². The number of rotatable bonds is 6. The summed E-state index contributed by atoms with van der Waals surface area (Å²) in [6, 6.07) is 7.62. The van der Waals surface area contributed by atoms with Gasteiger partial charge in [-0.1, -0.05) is 18.7 Å². The lowest BCUT2D eigenvalue weighted by Crippen LogP contribution is -2.27. The number of thiazole rings is 1. The Labute approximate surface area is 201 Å². The molecule has 1 N–H and O–H groups in total. The second kappa shape index (κ2) is 10.0. The Bertz CT molecular complexity index is 1410. The minimum absolute atomic E-state index is 0.220. The highest BCUT2D eigenvalue weighted by Gasteiger charge is 2.22. The normalized spacial score (nSPS) is 16.1. The van der Waals surface area contributed by atoms with E-state index in [1.54, 1.807) is 23.9 Å². The summed E-state index contributed by atoms with van der Waals surface area (Å²) in [6.45, 7) is 7.11. The molecule has 1 atom stereocenters. The molecule has 0 aliphatic carbocycles. The van der Waals surface area contributed by atoms with Crippen molar-refractivity contribution in [3.05, 3.63) is 63.1 Å². The molecular weight excluding hydrogens is 450 g/mol. The van der Waals surface area contributed by atoms with E-state index in [1.165, 1.54) is 11.3 Å². The fourth-order valence-electron chi connectivity index (χ4n) is 3.75. The van der Waals surface area contributed by atoms with E-state index in [2.05, 4.69) is 23.1 Å². The number of aromatic nitrogens is 3. The third-order valence-electron chi connectivity index (χ3n) is 5.46. The van der Waals surface area contributed by atoms with Gasteiger partial charge < -0.3 is 14.8 Å². The van der Waals surface area contributed by atoms with Crippen LogP contribution in [0.3, 0.4) is 0 Å². The Hall–Kier alpha value is -3.74. The van der Waals surface area contributed by atoms with Gasteiger partial charge in [0.15, 0.2) is 0 Å². The van der Waals surface area contributed by atoms with Crippen LogP contribution in [0.15, 0.2) is 36.5 Å². The summed E-state index contributed by atoms with van der Waals surface area (Å²) in [5.74, 6) is -0.0607. The van der Waals surface area contributed by atoms with E-state index in [0.717, 1.165) is 31.6 Å². The summed E-state index contributed by atoms with van der Waals surface area (Å²) in [4.78, 5) is 17.5. The van der Waals surface area contributed by atoms with Crippen LogP contribution in [0.25, 0.3) is 22.7 Å². The average molecular weight is 476 g/mol. The zero-order chi connectivity index (χ0) is 24.2. The molecule has 8 nitrogen and oxygen atoms in total. The molecule has 2 aromatic heterocycles. The maximum atomic E-state index is 12.7. The number of nitrogens with one attached hydrogen (secondary N) is 1. The van der Waals surface area contributed by atoms with Crippen LogP contribution in [0.4, 0.5) is 0 Å². The Morgan fingerprint density at radius 2 is 2.32 bits per heavy atom. The van der Waals surface area contributed by atoms with Crippen LogP contribution in [0, 0.1) is 11.3 Å². The molecule has 9 heteroatoms. The number of nitriles is 1. The van der Waals surface area contributed by atoms with E-state index >= 15 is 0 Å². The van der Waals surface area contributed by atoms with Gasteiger partial charge in [-0.3, -0.25) is 9.48 Å². The molecule has 0 bridgehead atoms. The first-order valence-corrected chi connectivity index (χ1v) is 11.5. The molecule has 0 saturated carbocycles. The number of hydrogen-bond donors (Lipinski definition) is 1. The molecule has 1 amide bonds. The van der Waals surface area contributed by atoms with Crippen LogP contribution in [0.1, 0.15) is 34.3 Å². The van der Waals surface area contributed by atoms with Gasteiger partial charge >= 0.3 is 0 Å². The van der Waals surface area contributed by atoms with Gasteiger partial charge in [-0.2, -0.15) is 5.26 Å². The van der Waals surface area contributed by atoms with Gasteiger partial charge in [0.1, 0.15) is 5.01 Å². The minimum Gasteiger partial charge on any atom is -0.479 e. The van der Waals surface area contributed by atoms with Crippen LogP contribution < -0.4 is 19.9 Å². The van der Waals surface area contributed by atoms with Crippen molar-refractivity contribution in [3.63, 3.8) is 0 Å². The molecule has 0 fully saturated rings. The number of amides is 1. The summed E-state index contributed by atoms with van der Waals surface area (Å²) >= 11 is 1.54. The maximum absolute atomic E-state index is 12.7. The van der Waals surface area contributed by atoms with E-state index in [0.29, 0.717) is 30.2 Å². The molecule has 1 aliphatic rings. The summed E-state index contributed by atoms with van der Waals surface area (Å²) in [7, 11) is 3.42. The monoisotopic (exact) mass is 475 g/mol. The summed E-state index contributed by atoms with van der Waals surface area (Å²) in [5, 5.41) is 18.1. The van der Waals surface area contributed by atoms with Crippen LogP contribution in [-0.4, -0.2) is 40.9 Å². The lowest BCUT2D eigenvalue weighted by Gasteiger charge is -2.21. The minimum atomic E-state index is -0.360. The zero-order valence-electron chi connectivity index (χ0n) is 19.3. The van der Waals surface area contributed by atoms with Crippen molar-refractivity contribution < 1.29 is 14.3 Å². The van der Waals surface area contributed by atoms with E-state index in [9.17, 15) is 10.1 Å². The number of carbonyl (C=O) groups is 1. The largest absolute Gasteiger partial charge is 0.479 e. The molecule has 0 spiro atoms. The van der Waals surface area contributed by atoms with Gasteiger partial charge in [0, 0.05) is 25.4 Å². The van der Waals surface area contributed by atoms with E-state index in [1.807, 2.05) is 38.4 Å². The van der Waals surface area contributed by atoms with Gasteiger partial charge in [0.2, 0.25) is 5.88 Å². The second-order valence-corrected chi connectivity index (χ2v) is 8.91. The smallest absolute Gasteiger partial charge is 0.251 e. The third kappa shape index (κ3) is 4.78. The molecule has 0 radical (unpaired) electrons. The Morgan fingerprint density at radius 1 is 1.50 bits per heavy atom. The molecule has 174 valence electrons. The first-order valence-electron chi connectivity index (χ1n) is 10.7. The SMILES string of the molecule is C=C(/C=c1/nc(-c2cn(C)nc2OC)s/c1=C/C)CNC(=O)c1ccc2c(c1)C(C#N)COC2. The molecular formula is C25H25N5O3S. The highest BCUT2D eigenvalue weighted by Crippen LogP contribution is 2.28. The molecule has 1 aliphatic heterocycles. The quantitative estimate of drug-likeness (QED) is 0.587. The Balaban J connectivity index is 1.50. The number of benzene rings is 1. The summed E-state index contributed by atoms with van der Waals surface area (Å²) in [6.07, 6.45) is 5.73. The van der Waals surface area contributed by atoms with Crippen molar-refractivity contribution in [1.29, 1.82) is 5.26 Å². The number of nitrogens with zero attached hydrogens (tertiary/aromatic N) is 4. The predicted octanol–water partition coefficient (Wildman–Crippen LogP) is 2.26. The Kier molecular flexibility index (Phi) is 6.91. The van der Waals surface area contributed by atoms with Gasteiger partial charge in [-0.15, -0.1) is 16.4 Å². The van der Waals surface area contributed by atoms with Crippen molar-refractivity contribution in [3.8, 4) is 22.5 Å². The number of hydrogen-bond acceptors (Lipinski definition) is 7. The van der Waals surface area contributed by atoms with Gasteiger partial charge in [0.05, 0.1) is 47.8 Å². The summed E-state index contributed by atoms with van der Waals surface area (Å²) in [5.41, 5.74) is 3.85. The lowest BCUT2D eigenvalue weighted by molar-refractivity contribution is 0.0952. The average Bonchev–Trinajstić information content (AvgIpc) is 3.44. The first kappa shape index (κ1) is 23.4. The molecule has 4 rings (SSSR count). The standard InChI is InChI=1S/C25H25N5O3S/c1-5-22-21(28-25(34-22)20-12-30(3)29-24(20)32-4)8-15(2)11-27-23(31)16-6-7-17-13-33-14-18(10-26)19(17)9-16/h5-9,12,18H,2,11,13-14H2,1,3-4H3,(H,27,31)/b21-8+,22-5+. The molecule has 1 aromatic carbocycles. The van der Waals surface area contributed by atoms with Gasteiger partial charge in [-0.05, 0) is 41.8 Å². The van der Waals surface area contributed by atoms with Crippen molar-refractivity contribution in [1.82, 2.24) is 20.1 Å². The molecule has 3 heterocycles. The Morgan fingerprint density at radius 3 is 3.06 bits per heavy atom. The van der Waals surface area contributed by atoms with Crippen LogP contribution in [0.5, 0.6) is 5.88 Å². The number of carbonyl (C=O) groups excluding carboxylic acids is 1. The van der Waals surface area contributed by atoms with Crippen LogP contribution in [-0.2, 0) is 18.4 Å². The number of fused-ring (bicyclic) bond motifs is 1. The van der Waals surface area contributed by atoms with Crippen molar-refractivity contribution in [2.24, 2.45) is 7.05 Å². The van der Waals surface area contributed by atoms with Gasteiger partial charge in [0.25, 0.3) is 5.91 Å². The maximum Gasteiger partial charge on any atom is 0.251 e. The van der Waals surface area contributed by atoms with Crippen molar-refractivity contribution >= 4 is 29.4 Å². The molecule has 3 aromatic rings. The first-order chi connectivity index (χ1) is 16.4. The summed E-state index contributed by atoms with van der Waals surface area (Å²) < 4.78 is 13.5. The van der Waals surface area contributed by atoms with Crippen molar-refractivity contribution in [2.45, 2.75) is 19.4 Å². The number of methoxy groups -OCH3 is 1. The lowest BCUT2D eigenvalue weighted by atomic mass is 9.92. The van der Waals surface area contributed by atoms with E-state index in [4.69, 9.17) is 14.5 Å². The number of ether oxygens (including phenoxy) is 2. The number of aryl methyl sites for hydroxylation is 1. The fourth-order valence-corrected chi connectivity index (χ4v) is 4.68.